The summed E-state index contributed by atoms with van der Waals surface area (Å²) in [6, 6.07) is 10.1. The molecule has 1 unspecified atom stereocenters. The number of likely N-dealkylation sites (tertiary alicyclic amines) is 1. The van der Waals surface area contributed by atoms with Gasteiger partial charge in [-0.25, -0.2) is 9.97 Å². The van der Waals surface area contributed by atoms with E-state index < -0.39 is 22.7 Å². The number of aliphatic hydroxyl groups is 1. The summed E-state index contributed by atoms with van der Waals surface area (Å²) in [4.78, 5) is 47.0. The average Bonchev–Trinajstić information content (AvgIpc) is 3.56. The number of hydrogen-bond donors (Lipinski definition) is 1. The third-order valence-corrected chi connectivity index (χ3v) is 6.26. The number of rotatable bonds is 7. The van der Waals surface area contributed by atoms with Crippen LogP contribution in [0.3, 0.4) is 0 Å². The fourth-order valence-electron chi connectivity index (χ4n) is 4.60. The third kappa shape index (κ3) is 3.90. The van der Waals surface area contributed by atoms with Gasteiger partial charge >= 0.3 is 0 Å². The molecule has 0 bridgehead atoms. The highest BCUT2D eigenvalue weighted by atomic mass is 16.6. The second kappa shape index (κ2) is 9.10. The molecule has 182 valence electrons. The standard InChI is InChI=1S/C25H22N6O5/c1-16-21(29-12-3-2-5-19(29)27-16)23(32)20-22(17-6-8-18(9-7-17)31(35)36)30(25(34)24(20)33)13-4-11-28-14-10-26-15-28/h2-3,5-10,12,14-15,22,32H,4,11,13H2,1H3/b23-20+. The molecule has 0 aliphatic carbocycles. The number of carbonyl (C=O) groups excluding carboxylic acids is 2. The van der Waals surface area contributed by atoms with E-state index in [1.807, 2.05) is 10.6 Å². The van der Waals surface area contributed by atoms with E-state index in [-0.39, 0.29) is 23.6 Å². The Labute approximate surface area is 205 Å². The van der Waals surface area contributed by atoms with E-state index in [0.717, 1.165) is 0 Å². The number of nitrogens with zero attached hydrogens (tertiary/aromatic N) is 6. The van der Waals surface area contributed by atoms with Gasteiger partial charge in [0, 0.05) is 43.8 Å². The predicted octanol–water partition coefficient (Wildman–Crippen LogP) is 3.26. The normalized spacial score (nSPS) is 17.2. The highest BCUT2D eigenvalue weighted by molar-refractivity contribution is 6.46. The smallest absolute Gasteiger partial charge is 0.295 e. The molecular formula is C25H22N6O5. The van der Waals surface area contributed by atoms with Crippen LogP contribution in [-0.2, 0) is 16.1 Å². The lowest BCUT2D eigenvalue weighted by atomic mass is 9.96. The van der Waals surface area contributed by atoms with E-state index in [1.54, 1.807) is 48.4 Å². The molecule has 11 nitrogen and oxygen atoms in total. The van der Waals surface area contributed by atoms with Gasteiger partial charge < -0.3 is 14.6 Å². The van der Waals surface area contributed by atoms with E-state index in [9.17, 15) is 24.8 Å². The lowest BCUT2D eigenvalue weighted by Crippen LogP contribution is -2.31. The second-order valence-corrected chi connectivity index (χ2v) is 8.47. The molecule has 0 radical (unpaired) electrons. The summed E-state index contributed by atoms with van der Waals surface area (Å²) in [5.41, 5.74) is 1.67. The highest BCUT2D eigenvalue weighted by Gasteiger charge is 2.46. The van der Waals surface area contributed by atoms with Crippen LogP contribution in [0.1, 0.15) is 29.4 Å². The van der Waals surface area contributed by atoms with E-state index in [2.05, 4.69) is 9.97 Å². The van der Waals surface area contributed by atoms with Crippen LogP contribution in [0.2, 0.25) is 0 Å². The van der Waals surface area contributed by atoms with Gasteiger partial charge in [0.25, 0.3) is 17.4 Å². The molecule has 1 atom stereocenters. The van der Waals surface area contributed by atoms with Gasteiger partial charge in [-0.05, 0) is 43.2 Å². The Balaban J connectivity index is 1.61. The van der Waals surface area contributed by atoms with Crippen molar-refractivity contribution in [3.05, 3.63) is 100 Å². The third-order valence-electron chi connectivity index (χ3n) is 6.26. The van der Waals surface area contributed by atoms with Gasteiger partial charge in [-0.2, -0.15) is 0 Å². The molecule has 0 saturated carbocycles. The molecule has 1 aliphatic rings. The summed E-state index contributed by atoms with van der Waals surface area (Å²) >= 11 is 0. The van der Waals surface area contributed by atoms with Crippen molar-refractivity contribution in [1.29, 1.82) is 0 Å². The second-order valence-electron chi connectivity index (χ2n) is 8.47. The van der Waals surface area contributed by atoms with E-state index in [0.29, 0.717) is 35.6 Å². The molecule has 5 rings (SSSR count). The van der Waals surface area contributed by atoms with Gasteiger partial charge in [-0.3, -0.25) is 24.1 Å². The first-order chi connectivity index (χ1) is 17.4. The van der Waals surface area contributed by atoms with Crippen molar-refractivity contribution >= 4 is 28.8 Å². The van der Waals surface area contributed by atoms with Crippen molar-refractivity contribution in [1.82, 2.24) is 23.8 Å². The van der Waals surface area contributed by atoms with Crippen LogP contribution >= 0.6 is 0 Å². The zero-order valence-electron chi connectivity index (χ0n) is 19.3. The van der Waals surface area contributed by atoms with Crippen LogP contribution in [0, 0.1) is 17.0 Å². The topological polar surface area (TPSA) is 136 Å². The van der Waals surface area contributed by atoms with Gasteiger partial charge in [-0.1, -0.05) is 6.07 Å². The number of aliphatic hydroxyl groups excluding tert-OH is 1. The lowest BCUT2D eigenvalue weighted by molar-refractivity contribution is -0.384. The molecule has 36 heavy (non-hydrogen) atoms. The van der Waals surface area contributed by atoms with Crippen LogP contribution in [0.25, 0.3) is 11.4 Å². The van der Waals surface area contributed by atoms with Crippen LogP contribution in [-0.4, -0.2) is 52.1 Å². The Kier molecular flexibility index (Phi) is 5.80. The molecule has 4 aromatic rings. The SMILES string of the molecule is Cc1nc2ccccn2c1/C(O)=C1\C(=O)C(=O)N(CCCn2ccnc2)C1c1ccc([N+](=O)[O-])cc1. The van der Waals surface area contributed by atoms with Gasteiger partial charge in [-0.15, -0.1) is 0 Å². The average molecular weight is 486 g/mol. The van der Waals surface area contributed by atoms with Crippen molar-refractivity contribution < 1.29 is 19.6 Å². The Hall–Kier alpha value is -4.80. The summed E-state index contributed by atoms with van der Waals surface area (Å²) in [6.07, 6.45) is 7.36. The number of Topliss-reactive ketones (excluding diaryl/α,β-unsaturated/α-hetero) is 1. The number of pyridine rings is 1. The maximum absolute atomic E-state index is 13.3. The van der Waals surface area contributed by atoms with Gasteiger partial charge in [0.05, 0.1) is 28.6 Å². The largest absolute Gasteiger partial charge is 0.505 e. The zero-order valence-corrected chi connectivity index (χ0v) is 19.3. The molecule has 11 heteroatoms. The van der Waals surface area contributed by atoms with Crippen molar-refractivity contribution in [2.45, 2.75) is 25.9 Å². The maximum atomic E-state index is 13.3. The van der Waals surface area contributed by atoms with Crippen LogP contribution < -0.4 is 0 Å². The van der Waals surface area contributed by atoms with E-state index in [1.165, 1.54) is 29.2 Å². The summed E-state index contributed by atoms with van der Waals surface area (Å²) in [5.74, 6) is -1.90. The number of benzene rings is 1. The van der Waals surface area contributed by atoms with Gasteiger partial charge in [0.1, 0.15) is 11.3 Å². The van der Waals surface area contributed by atoms with Crippen molar-refractivity contribution in [3.8, 4) is 0 Å². The number of ketones is 1. The monoisotopic (exact) mass is 486 g/mol. The molecular weight excluding hydrogens is 464 g/mol. The molecule has 1 saturated heterocycles. The molecule has 3 aromatic heterocycles. The number of fused-ring (bicyclic) bond motifs is 1. The number of carbonyl (C=O) groups is 2. The first-order valence-corrected chi connectivity index (χ1v) is 11.3. The van der Waals surface area contributed by atoms with Crippen molar-refractivity contribution in [2.24, 2.45) is 0 Å². The lowest BCUT2D eigenvalue weighted by Gasteiger charge is -2.25. The first kappa shape index (κ1) is 23.0. The number of aryl methyl sites for hydroxylation is 2. The minimum absolute atomic E-state index is 0.0785. The van der Waals surface area contributed by atoms with Gasteiger partial charge in [0.15, 0.2) is 5.76 Å². The number of aromatic nitrogens is 4. The van der Waals surface area contributed by atoms with Crippen molar-refractivity contribution in [3.63, 3.8) is 0 Å². The summed E-state index contributed by atoms with van der Waals surface area (Å²) in [6.45, 7) is 2.51. The zero-order chi connectivity index (χ0) is 25.4. The van der Waals surface area contributed by atoms with Crippen molar-refractivity contribution in [2.75, 3.05) is 6.54 Å². The Morgan fingerprint density at radius 3 is 2.58 bits per heavy atom. The molecule has 4 heterocycles. The Morgan fingerprint density at radius 2 is 1.89 bits per heavy atom. The predicted molar refractivity (Wildman–Crippen MR) is 129 cm³/mol. The summed E-state index contributed by atoms with van der Waals surface area (Å²) in [5, 5.41) is 22.6. The van der Waals surface area contributed by atoms with Crippen LogP contribution in [0.4, 0.5) is 5.69 Å². The van der Waals surface area contributed by atoms with Crippen LogP contribution in [0.15, 0.2) is 73.0 Å². The number of imidazole rings is 2. The summed E-state index contributed by atoms with van der Waals surface area (Å²) in [7, 11) is 0. The highest BCUT2D eigenvalue weighted by Crippen LogP contribution is 2.40. The molecule has 0 spiro atoms. The molecule has 1 aliphatic heterocycles. The quantitative estimate of drug-likeness (QED) is 0.139. The molecule has 1 amide bonds. The number of hydrogen-bond acceptors (Lipinski definition) is 7. The fourth-order valence-corrected chi connectivity index (χ4v) is 4.60. The summed E-state index contributed by atoms with van der Waals surface area (Å²) < 4.78 is 3.52. The first-order valence-electron chi connectivity index (χ1n) is 11.3. The fraction of sp³-hybridized carbons (Fsp3) is 0.200. The number of amides is 1. The Morgan fingerprint density at radius 1 is 1.11 bits per heavy atom. The van der Waals surface area contributed by atoms with E-state index >= 15 is 0 Å². The number of nitro benzene ring substituents is 1. The minimum atomic E-state index is -0.915. The van der Waals surface area contributed by atoms with E-state index in [4.69, 9.17) is 0 Å². The van der Waals surface area contributed by atoms with Gasteiger partial charge in [0.2, 0.25) is 0 Å². The maximum Gasteiger partial charge on any atom is 0.295 e. The molecule has 1 aromatic carbocycles. The molecule has 1 N–H and O–H groups in total. The van der Waals surface area contributed by atoms with Crippen LogP contribution in [0.5, 0.6) is 0 Å². The Bertz CT molecular complexity index is 1500. The number of nitro groups is 1. The molecule has 1 fully saturated rings. The minimum Gasteiger partial charge on any atom is -0.505 e. The number of non-ortho nitro benzene ring substituents is 1.